The molecule has 0 spiro atoms. The fraction of sp³-hybridized carbons (Fsp3) is 0.100. The molecule has 0 bridgehead atoms. The van der Waals surface area contributed by atoms with Gasteiger partial charge in [0.1, 0.15) is 5.69 Å². The van der Waals surface area contributed by atoms with E-state index in [4.69, 9.17) is 4.74 Å². The standard InChI is InChI=1S/C20H16N2O5/c1-13-5-4-8-17(22(25)26)19(13)21-18(23)12-27-20(24)16-10-9-14-6-2-3-7-15(14)11-16/h2-11H,12H2,1H3,(H,21,23). The molecule has 1 amide bonds. The number of nitrogens with zero attached hydrogens (tertiary/aromatic N) is 1. The summed E-state index contributed by atoms with van der Waals surface area (Å²) in [4.78, 5) is 34.8. The Morgan fingerprint density at radius 1 is 1.04 bits per heavy atom. The Balaban J connectivity index is 1.67. The largest absolute Gasteiger partial charge is 0.452 e. The van der Waals surface area contributed by atoms with Gasteiger partial charge in [0.2, 0.25) is 0 Å². The number of para-hydroxylation sites is 1. The second kappa shape index (κ2) is 7.65. The lowest BCUT2D eigenvalue weighted by Crippen LogP contribution is -2.22. The third kappa shape index (κ3) is 4.09. The van der Waals surface area contributed by atoms with Gasteiger partial charge in [-0.2, -0.15) is 0 Å². The lowest BCUT2D eigenvalue weighted by atomic mass is 10.1. The first-order chi connectivity index (χ1) is 13.0. The molecule has 0 aliphatic rings. The first-order valence-corrected chi connectivity index (χ1v) is 8.15. The van der Waals surface area contributed by atoms with Crippen LogP contribution in [0.3, 0.4) is 0 Å². The molecule has 0 heterocycles. The molecule has 0 aromatic heterocycles. The van der Waals surface area contributed by atoms with Crippen molar-refractivity contribution in [1.82, 2.24) is 0 Å². The summed E-state index contributed by atoms with van der Waals surface area (Å²) in [5, 5.41) is 15.4. The number of nitro benzene ring substituents is 1. The highest BCUT2D eigenvalue weighted by Crippen LogP contribution is 2.27. The van der Waals surface area contributed by atoms with E-state index in [1.807, 2.05) is 24.3 Å². The fourth-order valence-corrected chi connectivity index (χ4v) is 2.67. The molecule has 136 valence electrons. The van der Waals surface area contributed by atoms with Gasteiger partial charge in [0.05, 0.1) is 10.5 Å². The van der Waals surface area contributed by atoms with E-state index < -0.39 is 23.4 Å². The van der Waals surface area contributed by atoms with Gasteiger partial charge in [-0.3, -0.25) is 14.9 Å². The third-order valence-electron chi connectivity index (χ3n) is 4.03. The predicted molar refractivity (Wildman–Crippen MR) is 101 cm³/mol. The molecule has 0 fully saturated rings. The number of aryl methyl sites for hydroxylation is 1. The predicted octanol–water partition coefficient (Wildman–Crippen LogP) is 3.85. The third-order valence-corrected chi connectivity index (χ3v) is 4.03. The van der Waals surface area contributed by atoms with Crippen LogP contribution in [0.2, 0.25) is 0 Å². The Morgan fingerprint density at radius 2 is 1.78 bits per heavy atom. The monoisotopic (exact) mass is 364 g/mol. The first-order valence-electron chi connectivity index (χ1n) is 8.15. The van der Waals surface area contributed by atoms with Crippen molar-refractivity contribution < 1.29 is 19.2 Å². The molecule has 27 heavy (non-hydrogen) atoms. The summed E-state index contributed by atoms with van der Waals surface area (Å²) in [6.07, 6.45) is 0. The number of fused-ring (bicyclic) bond motifs is 1. The number of hydrogen-bond acceptors (Lipinski definition) is 5. The van der Waals surface area contributed by atoms with Gasteiger partial charge in [-0.05, 0) is 35.4 Å². The van der Waals surface area contributed by atoms with Crippen molar-refractivity contribution in [3.63, 3.8) is 0 Å². The van der Waals surface area contributed by atoms with E-state index in [0.717, 1.165) is 10.8 Å². The second-order valence-corrected chi connectivity index (χ2v) is 5.91. The van der Waals surface area contributed by atoms with Crippen molar-refractivity contribution in [2.45, 2.75) is 6.92 Å². The average molecular weight is 364 g/mol. The smallest absolute Gasteiger partial charge is 0.338 e. The summed E-state index contributed by atoms with van der Waals surface area (Å²) in [7, 11) is 0. The van der Waals surface area contributed by atoms with Crippen molar-refractivity contribution in [1.29, 1.82) is 0 Å². The van der Waals surface area contributed by atoms with Crippen molar-refractivity contribution in [2.75, 3.05) is 11.9 Å². The van der Waals surface area contributed by atoms with Gasteiger partial charge in [0.15, 0.2) is 6.61 Å². The second-order valence-electron chi connectivity index (χ2n) is 5.91. The highest BCUT2D eigenvalue weighted by atomic mass is 16.6. The molecule has 0 unspecified atom stereocenters. The van der Waals surface area contributed by atoms with Gasteiger partial charge in [-0.1, -0.05) is 42.5 Å². The number of ether oxygens (including phenoxy) is 1. The minimum Gasteiger partial charge on any atom is -0.452 e. The molecule has 0 saturated heterocycles. The molecule has 7 heteroatoms. The Hall–Kier alpha value is -3.74. The summed E-state index contributed by atoms with van der Waals surface area (Å²) >= 11 is 0. The average Bonchev–Trinajstić information content (AvgIpc) is 2.67. The zero-order chi connectivity index (χ0) is 19.4. The first kappa shape index (κ1) is 18.1. The van der Waals surface area contributed by atoms with Gasteiger partial charge in [-0.15, -0.1) is 0 Å². The van der Waals surface area contributed by atoms with E-state index in [1.54, 1.807) is 31.2 Å². The summed E-state index contributed by atoms with van der Waals surface area (Å²) in [5.74, 6) is -1.29. The summed E-state index contributed by atoms with van der Waals surface area (Å²) in [6.45, 7) is 1.10. The van der Waals surface area contributed by atoms with Crippen molar-refractivity contribution in [3.8, 4) is 0 Å². The molecular weight excluding hydrogens is 348 g/mol. The van der Waals surface area contributed by atoms with Gasteiger partial charge in [0, 0.05) is 6.07 Å². The van der Waals surface area contributed by atoms with Gasteiger partial charge < -0.3 is 10.1 Å². The van der Waals surface area contributed by atoms with E-state index in [0.29, 0.717) is 11.1 Å². The number of amides is 1. The zero-order valence-corrected chi connectivity index (χ0v) is 14.5. The van der Waals surface area contributed by atoms with E-state index in [-0.39, 0.29) is 11.4 Å². The van der Waals surface area contributed by atoms with Crippen LogP contribution in [0.5, 0.6) is 0 Å². The molecule has 3 rings (SSSR count). The summed E-state index contributed by atoms with van der Waals surface area (Å²) in [5.41, 5.74) is 0.736. The number of carbonyl (C=O) groups is 2. The van der Waals surface area contributed by atoms with Crippen LogP contribution in [0.15, 0.2) is 60.7 Å². The Morgan fingerprint density at radius 3 is 2.52 bits per heavy atom. The van der Waals surface area contributed by atoms with E-state index in [9.17, 15) is 19.7 Å². The van der Waals surface area contributed by atoms with Crippen LogP contribution in [0.4, 0.5) is 11.4 Å². The maximum absolute atomic E-state index is 12.2. The van der Waals surface area contributed by atoms with Gasteiger partial charge in [-0.25, -0.2) is 4.79 Å². The van der Waals surface area contributed by atoms with Gasteiger partial charge in [0.25, 0.3) is 11.6 Å². The fourth-order valence-electron chi connectivity index (χ4n) is 2.67. The number of benzene rings is 3. The summed E-state index contributed by atoms with van der Waals surface area (Å²) in [6, 6.07) is 17.1. The van der Waals surface area contributed by atoms with Crippen LogP contribution in [-0.4, -0.2) is 23.4 Å². The molecule has 0 saturated carbocycles. The topological polar surface area (TPSA) is 98.5 Å². The SMILES string of the molecule is Cc1cccc([N+](=O)[O-])c1NC(=O)COC(=O)c1ccc2ccccc2c1. The number of esters is 1. The Kier molecular flexibility index (Phi) is 5.12. The molecule has 0 radical (unpaired) electrons. The number of rotatable bonds is 5. The molecule has 0 atom stereocenters. The molecular formula is C20H16N2O5. The quantitative estimate of drug-likeness (QED) is 0.421. The molecule has 3 aromatic carbocycles. The van der Waals surface area contributed by atoms with Crippen LogP contribution in [0.1, 0.15) is 15.9 Å². The highest BCUT2D eigenvalue weighted by Gasteiger charge is 2.18. The lowest BCUT2D eigenvalue weighted by molar-refractivity contribution is -0.384. The number of carbonyl (C=O) groups excluding carboxylic acids is 2. The summed E-state index contributed by atoms with van der Waals surface area (Å²) < 4.78 is 5.03. The van der Waals surface area contributed by atoms with Crippen LogP contribution in [-0.2, 0) is 9.53 Å². The van der Waals surface area contributed by atoms with Crippen LogP contribution in [0, 0.1) is 17.0 Å². The minimum atomic E-state index is -0.651. The molecule has 1 N–H and O–H groups in total. The van der Waals surface area contributed by atoms with Crippen LogP contribution >= 0.6 is 0 Å². The zero-order valence-electron chi connectivity index (χ0n) is 14.5. The number of nitrogens with one attached hydrogen (secondary N) is 1. The normalized spacial score (nSPS) is 10.4. The Labute approximate surface area is 154 Å². The van der Waals surface area contributed by atoms with Crippen LogP contribution < -0.4 is 5.32 Å². The number of nitro groups is 1. The van der Waals surface area contributed by atoms with Crippen molar-refractivity contribution in [2.24, 2.45) is 0 Å². The highest BCUT2D eigenvalue weighted by molar-refractivity contribution is 5.99. The van der Waals surface area contributed by atoms with Crippen molar-refractivity contribution >= 4 is 34.0 Å². The lowest BCUT2D eigenvalue weighted by Gasteiger charge is -2.09. The van der Waals surface area contributed by atoms with Gasteiger partial charge >= 0.3 is 5.97 Å². The molecule has 3 aromatic rings. The molecule has 7 nitrogen and oxygen atoms in total. The number of anilines is 1. The minimum absolute atomic E-state index is 0.0919. The van der Waals surface area contributed by atoms with Crippen LogP contribution in [0.25, 0.3) is 10.8 Å². The van der Waals surface area contributed by atoms with E-state index in [1.165, 1.54) is 12.1 Å². The molecule has 0 aliphatic carbocycles. The number of hydrogen-bond donors (Lipinski definition) is 1. The Bertz CT molecular complexity index is 1050. The van der Waals surface area contributed by atoms with E-state index in [2.05, 4.69) is 5.32 Å². The van der Waals surface area contributed by atoms with E-state index >= 15 is 0 Å². The molecule has 0 aliphatic heterocycles. The maximum Gasteiger partial charge on any atom is 0.338 e. The maximum atomic E-state index is 12.2. The van der Waals surface area contributed by atoms with Crippen molar-refractivity contribution in [3.05, 3.63) is 81.9 Å².